The summed E-state index contributed by atoms with van der Waals surface area (Å²) >= 11 is 6.25. The van der Waals surface area contributed by atoms with Gasteiger partial charge in [0, 0.05) is 93.0 Å². The van der Waals surface area contributed by atoms with Crippen LogP contribution in [0.15, 0.2) is 59.5 Å². The molecule has 4 aliphatic heterocycles. The highest BCUT2D eigenvalue weighted by Crippen LogP contribution is 2.55. The molecule has 9 rings (SSSR count). The molecule has 4 aromatic rings. The molecule has 2 N–H and O–H groups in total. The van der Waals surface area contributed by atoms with Gasteiger partial charge in [0.15, 0.2) is 0 Å². The Hall–Kier alpha value is -5.59. The number of carbonyl (C=O) groups is 3. The van der Waals surface area contributed by atoms with Crippen LogP contribution >= 0.6 is 11.6 Å². The molecule has 1 saturated carbocycles. The Morgan fingerprint density at radius 1 is 1.00 bits per heavy atom. The Morgan fingerprint density at radius 2 is 1.75 bits per heavy atom. The lowest BCUT2D eigenvalue weighted by molar-refractivity contribution is -0.164. The number of fused-ring (bicyclic) bond motifs is 1. The molecule has 1 unspecified atom stereocenters. The monoisotopic (exact) mass is 832 g/mol. The third-order valence-corrected chi connectivity index (χ3v) is 14.0. The van der Waals surface area contributed by atoms with Crippen molar-refractivity contribution in [2.75, 3.05) is 55.6 Å². The minimum Gasteiger partial charge on any atom is -0.489 e. The fraction of sp³-hybridized carbons (Fsp3) is 0.500. The second-order valence-corrected chi connectivity index (χ2v) is 19.0. The van der Waals surface area contributed by atoms with Crippen molar-refractivity contribution in [3.8, 4) is 11.8 Å². The smallest absolute Gasteiger partial charge is 0.278 e. The van der Waals surface area contributed by atoms with Crippen molar-refractivity contribution in [2.45, 2.75) is 71.6 Å². The summed E-state index contributed by atoms with van der Waals surface area (Å²) in [7, 11) is 0. The van der Waals surface area contributed by atoms with E-state index in [9.17, 15) is 24.4 Å². The minimum atomic E-state index is -0.840. The number of hydrogen-bond donors (Lipinski definition) is 2. The SMILES string of the molecule is CC1(C)[C@H](NC(=O)c2ccc(N3CCC4(CC3)CN(CC3CN(c5ccc6c(=O)n(C7CCC(=O)NC7=O)nnc6c5)C3)C4)nc2)C(C)(C)[C@H]1Oc1ccc(C#N)c(Cl)c1. The van der Waals surface area contributed by atoms with Gasteiger partial charge in [-0.1, -0.05) is 44.5 Å². The van der Waals surface area contributed by atoms with Crippen LogP contribution < -0.4 is 30.7 Å². The molecule has 5 fully saturated rings. The quantitative estimate of drug-likeness (QED) is 0.229. The number of ether oxygens (including phenoxy) is 1. The number of benzene rings is 2. The van der Waals surface area contributed by atoms with Gasteiger partial charge in [-0.3, -0.25) is 24.5 Å². The van der Waals surface area contributed by atoms with E-state index in [-0.39, 0.29) is 53.2 Å². The molecule has 1 spiro atoms. The second-order valence-electron chi connectivity index (χ2n) is 18.6. The predicted octanol–water partition coefficient (Wildman–Crippen LogP) is 4.34. The molecule has 16 heteroatoms. The van der Waals surface area contributed by atoms with E-state index < -0.39 is 11.9 Å². The maximum Gasteiger partial charge on any atom is 0.278 e. The standard InChI is InChI=1S/C44H49ClN10O5/c1-42(2)40(43(3,4)41(42)60-30-8-5-27(19-46)32(45)18-30)49-37(57)28-6-11-35(47-20-28)53-15-13-44(14-16-53)24-52(25-44)21-26-22-54(23-26)29-7-9-31-33(17-29)50-51-55(39(31)59)34-10-12-36(56)48-38(34)58/h5-9,11,17-18,20,26,34,40-41H,10,12-16,21-25H2,1-4H3,(H,49,57)(H,48,56,58)/t34?,40-,41-. The van der Waals surface area contributed by atoms with Crippen LogP contribution in [0, 0.1) is 33.5 Å². The highest BCUT2D eigenvalue weighted by Gasteiger charge is 2.64. The molecule has 60 heavy (non-hydrogen) atoms. The van der Waals surface area contributed by atoms with Crippen LogP contribution in [0.4, 0.5) is 11.5 Å². The van der Waals surface area contributed by atoms with Crippen LogP contribution in [0.5, 0.6) is 5.75 Å². The van der Waals surface area contributed by atoms with Gasteiger partial charge < -0.3 is 24.8 Å². The summed E-state index contributed by atoms with van der Waals surface area (Å²) in [5.41, 5.74) is 1.65. The third-order valence-electron chi connectivity index (χ3n) is 13.7. The number of pyridine rings is 1. The normalized spacial score (nSPS) is 24.5. The summed E-state index contributed by atoms with van der Waals surface area (Å²) in [4.78, 5) is 62.4. The summed E-state index contributed by atoms with van der Waals surface area (Å²) in [6, 6.07) is 15.6. The molecule has 15 nitrogen and oxygen atoms in total. The van der Waals surface area contributed by atoms with E-state index in [4.69, 9.17) is 21.3 Å². The van der Waals surface area contributed by atoms with Crippen LogP contribution in [0.1, 0.15) is 75.3 Å². The highest BCUT2D eigenvalue weighted by molar-refractivity contribution is 6.31. The van der Waals surface area contributed by atoms with Crippen molar-refractivity contribution in [3.05, 3.63) is 81.2 Å². The fourth-order valence-corrected chi connectivity index (χ4v) is 10.9. The van der Waals surface area contributed by atoms with Gasteiger partial charge in [-0.25, -0.2) is 4.98 Å². The Bertz CT molecular complexity index is 2460. The predicted molar refractivity (Wildman–Crippen MR) is 225 cm³/mol. The van der Waals surface area contributed by atoms with Crippen LogP contribution in [0.3, 0.4) is 0 Å². The van der Waals surface area contributed by atoms with E-state index >= 15 is 0 Å². The first-order valence-corrected chi connectivity index (χ1v) is 21.1. The van der Waals surface area contributed by atoms with Crippen LogP contribution in [-0.4, -0.2) is 101 Å². The Balaban J connectivity index is 0.720. The fourth-order valence-electron chi connectivity index (χ4n) is 10.7. The Kier molecular flexibility index (Phi) is 9.86. The first kappa shape index (κ1) is 39.8. The summed E-state index contributed by atoms with van der Waals surface area (Å²) in [6.45, 7) is 15.4. The number of halogens is 1. The average Bonchev–Trinajstić information content (AvgIpc) is 3.20. The average molecular weight is 833 g/mol. The molecule has 1 atom stereocenters. The van der Waals surface area contributed by atoms with Crippen molar-refractivity contribution in [1.29, 1.82) is 5.26 Å². The number of amides is 3. The van der Waals surface area contributed by atoms with Crippen LogP contribution in [0.25, 0.3) is 10.9 Å². The van der Waals surface area contributed by atoms with E-state index in [0.29, 0.717) is 44.1 Å². The molecule has 312 valence electrons. The molecule has 5 aliphatic rings. The molecule has 4 saturated heterocycles. The number of carbonyl (C=O) groups excluding carboxylic acids is 3. The maximum absolute atomic E-state index is 13.5. The number of rotatable bonds is 9. The van der Waals surface area contributed by atoms with Gasteiger partial charge in [-0.15, -0.1) is 5.10 Å². The van der Waals surface area contributed by atoms with Crippen molar-refractivity contribution in [2.24, 2.45) is 22.2 Å². The molecule has 1 aliphatic carbocycles. The number of imide groups is 1. The van der Waals surface area contributed by atoms with Crippen LogP contribution in [-0.2, 0) is 9.59 Å². The van der Waals surface area contributed by atoms with Gasteiger partial charge in [0.25, 0.3) is 17.4 Å². The van der Waals surface area contributed by atoms with Crippen LogP contribution in [0.2, 0.25) is 5.02 Å². The largest absolute Gasteiger partial charge is 0.489 e. The van der Waals surface area contributed by atoms with E-state index in [1.165, 1.54) is 0 Å². The van der Waals surface area contributed by atoms with Gasteiger partial charge in [0.05, 0.1) is 21.5 Å². The van der Waals surface area contributed by atoms with Gasteiger partial charge >= 0.3 is 0 Å². The molecule has 2 aromatic heterocycles. The third kappa shape index (κ3) is 7.03. The summed E-state index contributed by atoms with van der Waals surface area (Å²) in [6.07, 6.45) is 4.09. The van der Waals surface area contributed by atoms with Gasteiger partial charge in [0.1, 0.15) is 35.3 Å². The number of nitrogens with zero attached hydrogens (tertiary/aromatic N) is 8. The number of piperidine rings is 2. The van der Waals surface area contributed by atoms with Crippen molar-refractivity contribution in [3.63, 3.8) is 0 Å². The summed E-state index contributed by atoms with van der Waals surface area (Å²) < 4.78 is 7.47. The molecule has 0 radical (unpaired) electrons. The number of likely N-dealkylation sites (tertiary alicyclic amines) is 1. The number of nitrogens with one attached hydrogen (secondary N) is 2. The Morgan fingerprint density at radius 3 is 2.42 bits per heavy atom. The topological polar surface area (TPSA) is 179 Å². The minimum absolute atomic E-state index is 0.140. The molecule has 0 bridgehead atoms. The second kappa shape index (κ2) is 14.8. The zero-order chi connectivity index (χ0) is 42.1. The summed E-state index contributed by atoms with van der Waals surface area (Å²) in [5, 5.41) is 23.8. The van der Waals surface area contributed by atoms with E-state index in [0.717, 1.165) is 74.8 Å². The zero-order valence-electron chi connectivity index (χ0n) is 34.3. The number of nitriles is 1. The molecule has 6 heterocycles. The lowest BCUT2D eigenvalue weighted by Crippen LogP contribution is -2.74. The van der Waals surface area contributed by atoms with E-state index in [2.05, 4.69) is 69.4 Å². The number of anilines is 2. The van der Waals surface area contributed by atoms with Gasteiger partial charge in [-0.2, -0.15) is 9.94 Å². The van der Waals surface area contributed by atoms with Gasteiger partial charge in [-0.05, 0) is 67.1 Å². The van der Waals surface area contributed by atoms with Gasteiger partial charge in [0.2, 0.25) is 5.91 Å². The first-order chi connectivity index (χ1) is 28.6. The number of hydrogen-bond acceptors (Lipinski definition) is 12. The lowest BCUT2D eigenvalue weighted by Gasteiger charge is -2.63. The van der Waals surface area contributed by atoms with E-state index in [1.54, 1.807) is 30.5 Å². The first-order valence-electron chi connectivity index (χ1n) is 20.7. The van der Waals surface area contributed by atoms with Crippen molar-refractivity contribution in [1.82, 2.24) is 35.5 Å². The Labute approximate surface area is 353 Å². The van der Waals surface area contributed by atoms with Crippen molar-refractivity contribution >= 4 is 51.7 Å². The zero-order valence-corrected chi connectivity index (χ0v) is 35.0. The highest BCUT2D eigenvalue weighted by atomic mass is 35.5. The summed E-state index contributed by atoms with van der Waals surface area (Å²) in [5.74, 6) is 1.02. The molecular weight excluding hydrogens is 784 g/mol. The molecule has 2 aromatic carbocycles. The van der Waals surface area contributed by atoms with E-state index in [1.807, 2.05) is 24.3 Å². The molecular formula is C44H49ClN10O5. The maximum atomic E-state index is 13.5. The number of aromatic nitrogens is 4. The lowest BCUT2D eigenvalue weighted by atomic mass is 9.49. The molecule has 3 amide bonds. The van der Waals surface area contributed by atoms with Crippen molar-refractivity contribution < 1.29 is 19.1 Å².